The number of halogens is 1. The fourth-order valence-corrected chi connectivity index (χ4v) is 2.61. The Morgan fingerprint density at radius 3 is 2.88 bits per heavy atom. The molecule has 0 saturated heterocycles. The summed E-state index contributed by atoms with van der Waals surface area (Å²) in [6.07, 6.45) is 0.807. The number of methoxy groups -OCH3 is 1. The van der Waals surface area contributed by atoms with Crippen LogP contribution in [-0.2, 0) is 6.42 Å². The minimum absolute atomic E-state index is 0.0724. The third-order valence-electron chi connectivity index (χ3n) is 2.63. The van der Waals surface area contributed by atoms with E-state index in [-0.39, 0.29) is 6.04 Å². The van der Waals surface area contributed by atoms with Crippen LogP contribution < -0.4 is 10.5 Å². The molecule has 0 radical (unpaired) electrons. The van der Waals surface area contributed by atoms with Gasteiger partial charge in [-0.1, -0.05) is 17.7 Å². The molecule has 1 aromatic carbocycles. The lowest BCUT2D eigenvalue weighted by Gasteiger charge is -2.15. The lowest BCUT2D eigenvalue weighted by molar-refractivity contribution is 0.405. The molecule has 17 heavy (non-hydrogen) atoms. The summed E-state index contributed by atoms with van der Waals surface area (Å²) in [6, 6.07) is 7.58. The van der Waals surface area contributed by atoms with Crippen molar-refractivity contribution in [2.24, 2.45) is 5.73 Å². The van der Waals surface area contributed by atoms with Crippen molar-refractivity contribution in [2.45, 2.75) is 12.5 Å². The van der Waals surface area contributed by atoms with Crippen molar-refractivity contribution in [3.8, 4) is 5.75 Å². The molecule has 0 bridgehead atoms. The van der Waals surface area contributed by atoms with Gasteiger partial charge in [-0.3, -0.25) is 0 Å². The number of thiophene rings is 1. The Labute approximate surface area is 110 Å². The molecule has 1 unspecified atom stereocenters. The quantitative estimate of drug-likeness (QED) is 0.918. The number of nitrogens with two attached hydrogens (primary N) is 1. The molecule has 0 amide bonds. The minimum Gasteiger partial charge on any atom is -0.496 e. The van der Waals surface area contributed by atoms with Gasteiger partial charge in [0.1, 0.15) is 5.75 Å². The minimum atomic E-state index is -0.0724. The van der Waals surface area contributed by atoms with Crippen molar-refractivity contribution in [3.63, 3.8) is 0 Å². The van der Waals surface area contributed by atoms with E-state index < -0.39 is 0 Å². The molecular weight excluding hydrogens is 254 g/mol. The second-order valence-corrected chi connectivity index (χ2v) is 5.04. The standard InChI is InChI=1S/C13H14ClNOS/c1-16-13-7-10(14)2-3-11(13)12(15)6-9-4-5-17-8-9/h2-5,7-8,12H,6,15H2,1H3. The smallest absolute Gasteiger partial charge is 0.125 e. The molecule has 2 N–H and O–H groups in total. The first-order valence-electron chi connectivity index (χ1n) is 5.31. The van der Waals surface area contributed by atoms with Crippen molar-refractivity contribution < 1.29 is 4.74 Å². The lowest BCUT2D eigenvalue weighted by atomic mass is 10.0. The van der Waals surface area contributed by atoms with Gasteiger partial charge in [0, 0.05) is 16.6 Å². The molecule has 90 valence electrons. The van der Waals surface area contributed by atoms with Crippen LogP contribution in [0, 0.1) is 0 Å². The third-order valence-corrected chi connectivity index (χ3v) is 3.60. The van der Waals surface area contributed by atoms with E-state index in [4.69, 9.17) is 22.1 Å². The molecule has 0 aliphatic rings. The predicted octanol–water partition coefficient (Wildman–Crippen LogP) is 3.65. The number of rotatable bonds is 4. The van der Waals surface area contributed by atoms with E-state index in [2.05, 4.69) is 16.8 Å². The van der Waals surface area contributed by atoms with Crippen LogP contribution in [0.4, 0.5) is 0 Å². The topological polar surface area (TPSA) is 35.2 Å². The summed E-state index contributed by atoms with van der Waals surface area (Å²) in [6.45, 7) is 0. The van der Waals surface area contributed by atoms with E-state index in [1.165, 1.54) is 5.56 Å². The molecule has 2 nitrogen and oxygen atoms in total. The van der Waals surface area contributed by atoms with Crippen LogP contribution in [0.2, 0.25) is 5.02 Å². The number of ether oxygens (including phenoxy) is 1. The van der Waals surface area contributed by atoms with Gasteiger partial charge >= 0.3 is 0 Å². The Hall–Kier alpha value is -1.03. The van der Waals surface area contributed by atoms with Gasteiger partial charge in [-0.15, -0.1) is 0 Å². The molecule has 1 atom stereocenters. The highest BCUT2D eigenvalue weighted by molar-refractivity contribution is 7.07. The lowest BCUT2D eigenvalue weighted by Crippen LogP contribution is -2.14. The van der Waals surface area contributed by atoms with Crippen LogP contribution >= 0.6 is 22.9 Å². The van der Waals surface area contributed by atoms with Gasteiger partial charge in [0.25, 0.3) is 0 Å². The zero-order valence-corrected chi connectivity index (χ0v) is 11.1. The monoisotopic (exact) mass is 267 g/mol. The van der Waals surface area contributed by atoms with E-state index in [0.29, 0.717) is 5.02 Å². The zero-order chi connectivity index (χ0) is 12.3. The first-order chi connectivity index (χ1) is 8.20. The molecule has 2 rings (SSSR count). The predicted molar refractivity (Wildman–Crippen MR) is 73.0 cm³/mol. The Kier molecular flexibility index (Phi) is 4.05. The summed E-state index contributed by atoms with van der Waals surface area (Å²) in [5.74, 6) is 0.750. The summed E-state index contributed by atoms with van der Waals surface area (Å²) in [5.41, 5.74) is 8.43. The van der Waals surface area contributed by atoms with Crippen LogP contribution in [-0.4, -0.2) is 7.11 Å². The normalized spacial score (nSPS) is 12.4. The van der Waals surface area contributed by atoms with Gasteiger partial charge in [0.15, 0.2) is 0 Å². The maximum absolute atomic E-state index is 6.19. The van der Waals surface area contributed by atoms with Crippen molar-refractivity contribution in [1.82, 2.24) is 0 Å². The highest BCUT2D eigenvalue weighted by Gasteiger charge is 2.13. The fraction of sp³-hybridized carbons (Fsp3) is 0.231. The molecule has 0 aliphatic carbocycles. The highest BCUT2D eigenvalue weighted by Crippen LogP contribution is 2.29. The average molecular weight is 268 g/mol. The van der Waals surface area contributed by atoms with E-state index >= 15 is 0 Å². The Bertz CT molecular complexity index is 484. The largest absolute Gasteiger partial charge is 0.496 e. The molecule has 1 heterocycles. The van der Waals surface area contributed by atoms with E-state index in [1.807, 2.05) is 12.1 Å². The second kappa shape index (κ2) is 5.54. The average Bonchev–Trinajstić information content (AvgIpc) is 2.81. The van der Waals surface area contributed by atoms with Crippen molar-refractivity contribution in [2.75, 3.05) is 7.11 Å². The van der Waals surface area contributed by atoms with Gasteiger partial charge in [0.05, 0.1) is 7.11 Å². The maximum Gasteiger partial charge on any atom is 0.125 e. The molecular formula is C13H14ClNOS. The van der Waals surface area contributed by atoms with Gasteiger partial charge in [-0.05, 0) is 40.9 Å². The van der Waals surface area contributed by atoms with Gasteiger partial charge in [-0.25, -0.2) is 0 Å². The summed E-state index contributed by atoms with van der Waals surface area (Å²) < 4.78 is 5.30. The van der Waals surface area contributed by atoms with Crippen molar-refractivity contribution in [3.05, 3.63) is 51.2 Å². The summed E-state index contributed by atoms with van der Waals surface area (Å²) >= 11 is 7.61. The molecule has 0 saturated carbocycles. The molecule has 2 aromatic rings. The second-order valence-electron chi connectivity index (χ2n) is 3.83. The first-order valence-corrected chi connectivity index (χ1v) is 6.63. The molecule has 0 fully saturated rings. The van der Waals surface area contributed by atoms with E-state index in [0.717, 1.165) is 17.7 Å². The van der Waals surface area contributed by atoms with Crippen molar-refractivity contribution >= 4 is 22.9 Å². The van der Waals surface area contributed by atoms with Gasteiger partial charge in [-0.2, -0.15) is 11.3 Å². The van der Waals surface area contributed by atoms with E-state index in [1.54, 1.807) is 24.5 Å². The van der Waals surface area contributed by atoms with Gasteiger partial charge < -0.3 is 10.5 Å². The summed E-state index contributed by atoms with van der Waals surface area (Å²) in [5, 5.41) is 4.83. The maximum atomic E-state index is 6.19. The number of hydrogen-bond acceptors (Lipinski definition) is 3. The Morgan fingerprint density at radius 2 is 2.24 bits per heavy atom. The number of benzene rings is 1. The van der Waals surface area contributed by atoms with Crippen LogP contribution in [0.3, 0.4) is 0 Å². The van der Waals surface area contributed by atoms with Crippen LogP contribution in [0.1, 0.15) is 17.2 Å². The summed E-state index contributed by atoms with van der Waals surface area (Å²) in [7, 11) is 1.63. The highest BCUT2D eigenvalue weighted by atomic mass is 35.5. The zero-order valence-electron chi connectivity index (χ0n) is 9.52. The van der Waals surface area contributed by atoms with Crippen LogP contribution in [0.5, 0.6) is 5.75 Å². The molecule has 4 heteroatoms. The van der Waals surface area contributed by atoms with Crippen LogP contribution in [0.15, 0.2) is 35.0 Å². The molecule has 0 aliphatic heterocycles. The van der Waals surface area contributed by atoms with Crippen LogP contribution in [0.25, 0.3) is 0 Å². The molecule has 0 spiro atoms. The Balaban J connectivity index is 2.21. The molecule has 1 aromatic heterocycles. The van der Waals surface area contributed by atoms with E-state index in [9.17, 15) is 0 Å². The number of hydrogen-bond donors (Lipinski definition) is 1. The van der Waals surface area contributed by atoms with Gasteiger partial charge in [0.2, 0.25) is 0 Å². The third kappa shape index (κ3) is 3.00. The fourth-order valence-electron chi connectivity index (χ4n) is 1.76. The summed E-state index contributed by atoms with van der Waals surface area (Å²) in [4.78, 5) is 0. The Morgan fingerprint density at radius 1 is 1.41 bits per heavy atom. The van der Waals surface area contributed by atoms with Crippen molar-refractivity contribution in [1.29, 1.82) is 0 Å². The first kappa shape index (κ1) is 12.4. The SMILES string of the molecule is COc1cc(Cl)ccc1C(N)Cc1ccsc1.